The predicted octanol–water partition coefficient (Wildman–Crippen LogP) is 4.96. The van der Waals surface area contributed by atoms with Gasteiger partial charge in [-0.2, -0.15) is 5.10 Å². The summed E-state index contributed by atoms with van der Waals surface area (Å²) in [6.07, 6.45) is 0.889. The molecule has 5 nitrogen and oxygen atoms in total. The van der Waals surface area contributed by atoms with Crippen molar-refractivity contribution >= 4 is 43.1 Å². The lowest BCUT2D eigenvalue weighted by atomic mass is 10.1. The molecule has 1 N–H and O–H groups in total. The Bertz CT molecular complexity index is 1270. The number of benzene rings is 2. The molecule has 29 heavy (non-hydrogen) atoms. The van der Waals surface area contributed by atoms with Crippen molar-refractivity contribution in [2.45, 2.75) is 40.2 Å². The van der Waals surface area contributed by atoms with Gasteiger partial charge in [0.2, 0.25) is 5.91 Å². The normalized spacial score (nSPS) is 11.3. The summed E-state index contributed by atoms with van der Waals surface area (Å²) in [5.41, 5.74) is 3.72. The first-order valence-electron chi connectivity index (χ1n) is 9.70. The Labute approximate surface area is 173 Å². The lowest BCUT2D eigenvalue weighted by Crippen LogP contribution is -2.24. The highest BCUT2D eigenvalue weighted by Gasteiger charge is 2.14. The van der Waals surface area contributed by atoms with E-state index in [0.29, 0.717) is 19.4 Å². The number of amides is 1. The molecule has 148 valence electrons. The minimum absolute atomic E-state index is 0.0470. The molecule has 6 heteroatoms. The van der Waals surface area contributed by atoms with Crippen molar-refractivity contribution in [3.05, 3.63) is 69.6 Å². The van der Waals surface area contributed by atoms with Crippen LogP contribution in [0, 0.1) is 20.8 Å². The molecule has 0 bridgehead atoms. The molecule has 0 atom stereocenters. The van der Waals surface area contributed by atoms with Gasteiger partial charge in [-0.1, -0.05) is 36.4 Å². The van der Waals surface area contributed by atoms with Gasteiger partial charge in [0.05, 0.1) is 15.8 Å². The van der Waals surface area contributed by atoms with E-state index in [9.17, 15) is 9.59 Å². The predicted molar refractivity (Wildman–Crippen MR) is 120 cm³/mol. The van der Waals surface area contributed by atoms with E-state index >= 15 is 0 Å². The van der Waals surface area contributed by atoms with Crippen LogP contribution in [0.1, 0.15) is 29.7 Å². The van der Waals surface area contributed by atoms with Crippen molar-refractivity contribution < 1.29 is 4.79 Å². The van der Waals surface area contributed by atoms with E-state index in [4.69, 9.17) is 0 Å². The molecule has 0 radical (unpaired) electrons. The zero-order valence-electron chi connectivity index (χ0n) is 16.8. The van der Waals surface area contributed by atoms with E-state index in [1.807, 2.05) is 63.2 Å². The average molecular weight is 406 g/mol. The van der Waals surface area contributed by atoms with Gasteiger partial charge in [-0.3, -0.25) is 9.59 Å². The molecule has 2 aromatic carbocycles. The second-order valence-electron chi connectivity index (χ2n) is 7.33. The van der Waals surface area contributed by atoms with Crippen LogP contribution in [0.25, 0.3) is 20.2 Å². The number of hydrogen-bond acceptors (Lipinski definition) is 4. The Hall–Kier alpha value is -2.99. The highest BCUT2D eigenvalue weighted by atomic mass is 32.1. The van der Waals surface area contributed by atoms with E-state index in [2.05, 4.69) is 10.4 Å². The van der Waals surface area contributed by atoms with E-state index in [1.54, 1.807) is 11.3 Å². The summed E-state index contributed by atoms with van der Waals surface area (Å²) in [5, 5.41) is 9.19. The Morgan fingerprint density at radius 2 is 1.79 bits per heavy atom. The van der Waals surface area contributed by atoms with Crippen LogP contribution < -0.4 is 10.9 Å². The minimum atomic E-state index is -0.0850. The van der Waals surface area contributed by atoms with Gasteiger partial charge in [0.25, 0.3) is 5.56 Å². The maximum absolute atomic E-state index is 13.0. The maximum atomic E-state index is 13.0. The second-order valence-corrected chi connectivity index (χ2v) is 8.39. The van der Waals surface area contributed by atoms with Gasteiger partial charge in [0.1, 0.15) is 0 Å². The minimum Gasteiger partial charge on any atom is -0.326 e. The van der Waals surface area contributed by atoms with E-state index in [1.165, 1.54) is 4.68 Å². The number of nitrogens with zero attached hydrogens (tertiary/aromatic N) is 2. The Kier molecular flexibility index (Phi) is 5.20. The summed E-state index contributed by atoms with van der Waals surface area (Å²) in [6.45, 7) is 6.31. The van der Waals surface area contributed by atoms with Crippen LogP contribution in [0.3, 0.4) is 0 Å². The molecule has 2 heterocycles. The zero-order chi connectivity index (χ0) is 20.5. The lowest BCUT2D eigenvalue weighted by molar-refractivity contribution is -0.116. The second kappa shape index (κ2) is 7.79. The summed E-state index contributed by atoms with van der Waals surface area (Å²) >= 11 is 1.60. The molecule has 0 spiro atoms. The first-order chi connectivity index (χ1) is 14.0. The molecule has 0 unspecified atom stereocenters. The van der Waals surface area contributed by atoms with Gasteiger partial charge >= 0.3 is 0 Å². The van der Waals surface area contributed by atoms with Gasteiger partial charge in [-0.15, -0.1) is 11.3 Å². The number of fused-ring (bicyclic) bond motifs is 3. The Balaban J connectivity index is 1.51. The van der Waals surface area contributed by atoms with E-state index < -0.39 is 0 Å². The molecular formula is C23H23N3O2S. The SMILES string of the molecule is Cc1cccc(C)c1NC(=O)CCCn1nc(C)c2sc3ccccc3c2c1=O. The molecule has 0 aliphatic heterocycles. The zero-order valence-corrected chi connectivity index (χ0v) is 17.6. The summed E-state index contributed by atoms with van der Waals surface area (Å²) < 4.78 is 3.54. The number of thiophene rings is 1. The van der Waals surface area contributed by atoms with Gasteiger partial charge in [0.15, 0.2) is 0 Å². The molecule has 4 aromatic rings. The van der Waals surface area contributed by atoms with Crippen molar-refractivity contribution in [3.8, 4) is 0 Å². The van der Waals surface area contributed by atoms with Crippen molar-refractivity contribution in [2.24, 2.45) is 0 Å². The number of anilines is 1. The van der Waals surface area contributed by atoms with Gasteiger partial charge in [0, 0.05) is 28.7 Å². The third kappa shape index (κ3) is 3.68. The fraction of sp³-hybridized carbons (Fsp3) is 0.261. The van der Waals surface area contributed by atoms with Crippen LogP contribution in [0.15, 0.2) is 47.3 Å². The molecule has 4 rings (SSSR count). The topological polar surface area (TPSA) is 64.0 Å². The van der Waals surface area contributed by atoms with Gasteiger partial charge in [-0.25, -0.2) is 4.68 Å². The summed E-state index contributed by atoms with van der Waals surface area (Å²) in [4.78, 5) is 25.4. The third-order valence-electron chi connectivity index (χ3n) is 5.16. The van der Waals surface area contributed by atoms with Crippen molar-refractivity contribution in [1.82, 2.24) is 9.78 Å². The smallest absolute Gasteiger partial charge is 0.276 e. The number of carbonyl (C=O) groups is 1. The van der Waals surface area contributed by atoms with Gasteiger partial charge in [-0.05, 0) is 44.4 Å². The molecule has 1 amide bonds. The lowest BCUT2D eigenvalue weighted by Gasteiger charge is -2.11. The van der Waals surface area contributed by atoms with Crippen molar-refractivity contribution in [3.63, 3.8) is 0 Å². The average Bonchev–Trinajstić information content (AvgIpc) is 3.09. The van der Waals surface area contributed by atoms with E-state index in [-0.39, 0.29) is 11.5 Å². The molecule has 0 aliphatic carbocycles. The van der Waals surface area contributed by atoms with Crippen LogP contribution in [0.2, 0.25) is 0 Å². The highest BCUT2D eigenvalue weighted by Crippen LogP contribution is 2.32. The molecule has 2 aromatic heterocycles. The largest absolute Gasteiger partial charge is 0.326 e. The fourth-order valence-electron chi connectivity index (χ4n) is 3.67. The van der Waals surface area contributed by atoms with Gasteiger partial charge < -0.3 is 5.32 Å². The first-order valence-corrected chi connectivity index (χ1v) is 10.5. The van der Waals surface area contributed by atoms with Crippen LogP contribution >= 0.6 is 11.3 Å². The fourth-order valence-corrected chi connectivity index (χ4v) is 4.80. The first kappa shape index (κ1) is 19.3. The summed E-state index contributed by atoms with van der Waals surface area (Å²) in [7, 11) is 0. The number of hydrogen-bond donors (Lipinski definition) is 1. The number of nitrogens with one attached hydrogen (secondary N) is 1. The molecule has 0 saturated carbocycles. The standard InChI is InChI=1S/C23H23N3O2S/c1-14-8-6-9-15(2)21(14)24-19(27)12-7-13-26-23(28)20-17-10-4-5-11-18(17)29-22(20)16(3)25-26/h4-6,8-11H,7,12-13H2,1-3H3,(H,24,27). The maximum Gasteiger partial charge on any atom is 0.276 e. The van der Waals surface area contributed by atoms with Crippen LogP contribution in [0.4, 0.5) is 5.69 Å². The summed E-state index contributed by atoms with van der Waals surface area (Å²) in [6, 6.07) is 13.9. The van der Waals surface area contributed by atoms with Crippen molar-refractivity contribution in [1.29, 1.82) is 0 Å². The molecule has 0 saturated heterocycles. The molecule has 0 aliphatic rings. The summed E-state index contributed by atoms with van der Waals surface area (Å²) in [5.74, 6) is -0.0470. The Morgan fingerprint density at radius 1 is 1.07 bits per heavy atom. The monoisotopic (exact) mass is 405 g/mol. The quantitative estimate of drug-likeness (QED) is 0.511. The highest BCUT2D eigenvalue weighted by molar-refractivity contribution is 7.26. The van der Waals surface area contributed by atoms with Crippen molar-refractivity contribution in [2.75, 3.05) is 5.32 Å². The molecular weight excluding hydrogens is 382 g/mol. The third-order valence-corrected chi connectivity index (χ3v) is 6.44. The molecule has 0 fully saturated rings. The number of aromatic nitrogens is 2. The van der Waals surface area contributed by atoms with Crippen LogP contribution in [-0.4, -0.2) is 15.7 Å². The number of rotatable bonds is 5. The van der Waals surface area contributed by atoms with E-state index in [0.717, 1.165) is 42.7 Å². The van der Waals surface area contributed by atoms with Crippen LogP contribution in [0.5, 0.6) is 0 Å². The number of aryl methyl sites for hydroxylation is 4. The van der Waals surface area contributed by atoms with Crippen LogP contribution in [-0.2, 0) is 11.3 Å². The number of carbonyl (C=O) groups excluding carboxylic acids is 1. The Morgan fingerprint density at radius 3 is 2.55 bits per heavy atom. The number of para-hydroxylation sites is 1.